The molecule has 0 aromatic heterocycles. The second-order valence-electron chi connectivity index (χ2n) is 10.3. The molecular weight excluding hydrogens is 456 g/mol. The maximum atomic E-state index is 9.65. The van der Waals surface area contributed by atoms with E-state index in [1.807, 2.05) is 18.2 Å². The molecule has 0 unspecified atom stereocenters. The fourth-order valence-corrected chi connectivity index (χ4v) is 5.39. The van der Waals surface area contributed by atoms with Gasteiger partial charge in [-0.15, -0.1) is 0 Å². The maximum absolute atomic E-state index is 9.65. The van der Waals surface area contributed by atoms with Gasteiger partial charge < -0.3 is 9.47 Å². The lowest BCUT2D eigenvalue weighted by molar-refractivity contribution is -0.545. The molecule has 2 aromatic rings. The van der Waals surface area contributed by atoms with Gasteiger partial charge in [-0.05, 0) is 31.0 Å². The van der Waals surface area contributed by atoms with Gasteiger partial charge in [0.2, 0.25) is 0 Å². The average molecular weight is 504 g/mol. The highest BCUT2D eigenvalue weighted by atomic mass is 16.5. The van der Waals surface area contributed by atoms with Crippen molar-refractivity contribution in [3.63, 3.8) is 0 Å². The molecule has 0 bridgehead atoms. The zero-order valence-electron chi connectivity index (χ0n) is 23.5. The predicted molar refractivity (Wildman–Crippen MR) is 153 cm³/mol. The molecule has 2 aromatic carbocycles. The zero-order valence-corrected chi connectivity index (χ0v) is 23.5. The van der Waals surface area contributed by atoms with Gasteiger partial charge in [0.05, 0.1) is 25.3 Å². The number of nitriles is 1. The molecule has 0 spiro atoms. The summed E-state index contributed by atoms with van der Waals surface area (Å²) in [5, 5.41) is 9.65. The Bertz CT molecular complexity index is 1050. The highest BCUT2D eigenvalue weighted by Crippen LogP contribution is 2.37. The van der Waals surface area contributed by atoms with Gasteiger partial charge in [0.1, 0.15) is 6.54 Å². The third-order valence-electron chi connectivity index (χ3n) is 7.53. The summed E-state index contributed by atoms with van der Waals surface area (Å²) in [6.45, 7) is 6.96. The van der Waals surface area contributed by atoms with Gasteiger partial charge in [0, 0.05) is 29.5 Å². The monoisotopic (exact) mass is 503 g/mol. The van der Waals surface area contributed by atoms with Crippen LogP contribution >= 0.6 is 0 Å². The summed E-state index contributed by atoms with van der Waals surface area (Å²) in [5.74, 6) is 1.78. The first kappa shape index (κ1) is 28.8. The average Bonchev–Trinajstić information content (AvgIpc) is 2.93. The van der Waals surface area contributed by atoms with E-state index in [9.17, 15) is 5.26 Å². The van der Waals surface area contributed by atoms with Crippen LogP contribution in [0, 0.1) is 11.3 Å². The van der Waals surface area contributed by atoms with E-state index in [4.69, 9.17) is 9.47 Å². The van der Waals surface area contributed by atoms with Crippen LogP contribution in [-0.4, -0.2) is 30.5 Å². The Labute approximate surface area is 225 Å². The van der Waals surface area contributed by atoms with Gasteiger partial charge in [-0.2, -0.15) is 5.26 Å². The van der Waals surface area contributed by atoms with Crippen molar-refractivity contribution in [1.29, 1.82) is 5.26 Å². The molecule has 0 amide bonds. The lowest BCUT2D eigenvalue weighted by Crippen LogP contribution is -2.30. The highest BCUT2D eigenvalue weighted by Gasteiger charge is 2.30. The van der Waals surface area contributed by atoms with Crippen LogP contribution in [-0.2, 0) is 13.0 Å². The summed E-state index contributed by atoms with van der Waals surface area (Å²) in [6.07, 6.45) is 15.8. The second-order valence-corrected chi connectivity index (χ2v) is 10.3. The molecule has 0 atom stereocenters. The van der Waals surface area contributed by atoms with Crippen LogP contribution < -0.4 is 9.47 Å². The fourth-order valence-electron chi connectivity index (χ4n) is 5.39. The number of nitrogens with zero attached hydrogens (tertiary/aromatic N) is 2. The first-order valence-electron chi connectivity index (χ1n) is 14.6. The largest absolute Gasteiger partial charge is 0.493 e. The van der Waals surface area contributed by atoms with Crippen LogP contribution in [0.15, 0.2) is 36.4 Å². The van der Waals surface area contributed by atoms with Crippen LogP contribution in [0.25, 0.3) is 0 Å². The van der Waals surface area contributed by atoms with Crippen LogP contribution in [0.3, 0.4) is 0 Å². The Balaban J connectivity index is 1.85. The molecule has 0 radical (unpaired) electrons. The van der Waals surface area contributed by atoms with Crippen molar-refractivity contribution in [3.8, 4) is 17.6 Å². The number of rotatable bonds is 17. The SMILES string of the molecule is CCCCCCCCOc1c(OC)ccc2c1CC[N+](Cc1ccccc1C#N)=C2CCCCCCC. The Hall–Kier alpha value is -2.80. The highest BCUT2D eigenvalue weighted by molar-refractivity contribution is 5.99. The Morgan fingerprint density at radius 2 is 1.57 bits per heavy atom. The van der Waals surface area contributed by atoms with Crippen LogP contribution in [0.4, 0.5) is 0 Å². The minimum absolute atomic E-state index is 0.741. The Kier molecular flexibility index (Phi) is 12.5. The molecule has 1 heterocycles. The standard InChI is InChI=1S/C33H47N2O2/c1-4-6-8-10-12-16-24-37-33-30-22-23-35(26-28-18-15-14-17-27(28)25-34)31(19-13-11-9-7-5-2)29(30)20-21-32(33)36-3/h14-15,17-18,20-21H,4-13,16,19,22-24,26H2,1-3H3/q+1. The molecule has 37 heavy (non-hydrogen) atoms. The van der Waals surface area contributed by atoms with E-state index in [1.54, 1.807) is 7.11 Å². The fraction of sp³-hybridized carbons (Fsp3) is 0.576. The molecule has 4 nitrogen and oxygen atoms in total. The summed E-state index contributed by atoms with van der Waals surface area (Å²) >= 11 is 0. The lowest BCUT2D eigenvalue weighted by atomic mass is 9.91. The molecule has 4 heteroatoms. The molecule has 0 saturated carbocycles. The predicted octanol–water partition coefficient (Wildman–Crippen LogP) is 8.22. The van der Waals surface area contributed by atoms with Gasteiger partial charge >= 0.3 is 0 Å². The van der Waals surface area contributed by atoms with Gasteiger partial charge in [-0.1, -0.05) is 89.8 Å². The Morgan fingerprint density at radius 3 is 2.30 bits per heavy atom. The summed E-state index contributed by atoms with van der Waals surface area (Å²) in [6, 6.07) is 14.7. The minimum Gasteiger partial charge on any atom is -0.493 e. The smallest absolute Gasteiger partial charge is 0.184 e. The molecule has 200 valence electrons. The van der Waals surface area contributed by atoms with Crippen LogP contribution in [0.5, 0.6) is 11.5 Å². The number of methoxy groups -OCH3 is 1. The van der Waals surface area contributed by atoms with E-state index in [-0.39, 0.29) is 0 Å². The number of fused-ring (bicyclic) bond motifs is 1. The van der Waals surface area contributed by atoms with E-state index in [0.29, 0.717) is 0 Å². The summed E-state index contributed by atoms with van der Waals surface area (Å²) < 4.78 is 14.7. The van der Waals surface area contributed by atoms with E-state index < -0.39 is 0 Å². The summed E-state index contributed by atoms with van der Waals surface area (Å²) in [5.41, 5.74) is 5.85. The van der Waals surface area contributed by atoms with Gasteiger partial charge in [-0.3, -0.25) is 0 Å². The topological polar surface area (TPSA) is 45.3 Å². The van der Waals surface area contributed by atoms with Crippen molar-refractivity contribution < 1.29 is 14.0 Å². The first-order chi connectivity index (χ1) is 18.2. The van der Waals surface area contributed by atoms with Crippen LogP contribution in [0.1, 0.15) is 113 Å². The zero-order chi connectivity index (χ0) is 26.3. The molecule has 0 N–H and O–H groups in total. The normalized spacial score (nSPS) is 12.8. The van der Waals surface area contributed by atoms with Crippen LogP contribution in [0.2, 0.25) is 0 Å². The molecule has 1 aliphatic rings. The first-order valence-corrected chi connectivity index (χ1v) is 14.6. The molecule has 3 rings (SSSR count). The van der Waals surface area contributed by atoms with Crippen molar-refractivity contribution in [1.82, 2.24) is 0 Å². The van der Waals surface area contributed by atoms with Crippen molar-refractivity contribution in [2.45, 2.75) is 104 Å². The van der Waals surface area contributed by atoms with E-state index in [2.05, 4.69) is 42.7 Å². The second kappa shape index (κ2) is 16.1. The third-order valence-corrected chi connectivity index (χ3v) is 7.53. The molecule has 0 saturated heterocycles. The molecule has 1 aliphatic heterocycles. The lowest BCUT2D eigenvalue weighted by Gasteiger charge is -2.23. The molecule has 0 aliphatic carbocycles. The number of hydrogen-bond acceptors (Lipinski definition) is 3. The number of unbranched alkanes of at least 4 members (excludes halogenated alkanes) is 9. The van der Waals surface area contributed by atoms with E-state index in [0.717, 1.165) is 61.6 Å². The number of ether oxygens (including phenoxy) is 2. The number of hydrogen-bond donors (Lipinski definition) is 0. The third kappa shape index (κ3) is 8.35. The van der Waals surface area contributed by atoms with Gasteiger partial charge in [0.15, 0.2) is 23.8 Å². The quantitative estimate of drug-likeness (QED) is 0.161. The van der Waals surface area contributed by atoms with Crippen molar-refractivity contribution in [2.24, 2.45) is 0 Å². The minimum atomic E-state index is 0.741. The molecule has 0 fully saturated rings. The Morgan fingerprint density at radius 1 is 0.865 bits per heavy atom. The van der Waals surface area contributed by atoms with Gasteiger partial charge in [-0.25, -0.2) is 4.58 Å². The van der Waals surface area contributed by atoms with Crippen molar-refractivity contribution >= 4 is 5.71 Å². The summed E-state index contributed by atoms with van der Waals surface area (Å²) in [4.78, 5) is 0. The van der Waals surface area contributed by atoms with Gasteiger partial charge in [0.25, 0.3) is 0 Å². The number of benzene rings is 2. The molecular formula is C33H47N2O2+. The maximum Gasteiger partial charge on any atom is 0.184 e. The van der Waals surface area contributed by atoms with Crippen molar-refractivity contribution in [2.75, 3.05) is 20.3 Å². The van der Waals surface area contributed by atoms with Crippen molar-refractivity contribution in [3.05, 3.63) is 58.7 Å². The van der Waals surface area contributed by atoms with E-state index in [1.165, 1.54) is 81.0 Å². The summed E-state index contributed by atoms with van der Waals surface area (Å²) in [7, 11) is 1.74. The van der Waals surface area contributed by atoms with E-state index >= 15 is 0 Å².